The molecule has 0 saturated carbocycles. The average molecular weight is 167 g/mol. The summed E-state index contributed by atoms with van der Waals surface area (Å²) in [6.07, 6.45) is 2.50. The lowest BCUT2D eigenvalue weighted by Crippen LogP contribution is -2.34. The van der Waals surface area contributed by atoms with Crippen LogP contribution in [0.3, 0.4) is 0 Å². The van der Waals surface area contributed by atoms with Gasteiger partial charge >= 0.3 is 0 Å². The van der Waals surface area contributed by atoms with Gasteiger partial charge in [-0.05, 0) is 31.5 Å². The van der Waals surface area contributed by atoms with E-state index in [2.05, 4.69) is 24.4 Å². The van der Waals surface area contributed by atoms with Crippen LogP contribution < -0.4 is 5.32 Å². The maximum Gasteiger partial charge on any atom is 0.0427 e. The first kappa shape index (κ1) is 7.32. The third-order valence-corrected chi connectivity index (χ3v) is 3.54. The van der Waals surface area contributed by atoms with E-state index in [4.69, 9.17) is 0 Å². The maximum atomic E-state index is 3.41. The molecule has 1 nitrogen and oxygen atoms in total. The second-order valence-electron chi connectivity index (χ2n) is 2.95. The van der Waals surface area contributed by atoms with Gasteiger partial charge in [-0.15, -0.1) is 11.3 Å². The fourth-order valence-electron chi connectivity index (χ4n) is 1.30. The molecular formula is C9H13NS. The molecule has 0 spiro atoms. The molecule has 0 bridgehead atoms. The third-order valence-electron chi connectivity index (χ3n) is 2.20. The zero-order valence-electron chi connectivity index (χ0n) is 6.76. The van der Waals surface area contributed by atoms with Crippen LogP contribution in [0.15, 0.2) is 12.1 Å². The van der Waals surface area contributed by atoms with Crippen molar-refractivity contribution >= 4 is 11.3 Å². The summed E-state index contributed by atoms with van der Waals surface area (Å²) < 4.78 is 0. The number of thiophene rings is 1. The first-order valence-corrected chi connectivity index (χ1v) is 5.04. The summed E-state index contributed by atoms with van der Waals surface area (Å²) in [6, 6.07) is 5.20. The lowest BCUT2D eigenvalue weighted by molar-refractivity contribution is 0.389. The molecule has 1 saturated heterocycles. The standard InChI is InChI=1S/C9H13NS/c1-2-7-3-4-9(11-7)8-5-6-10-8/h3-4,8,10H,2,5-6H2,1H3/t8-/m1/s1. The van der Waals surface area contributed by atoms with Crippen LogP contribution in [-0.2, 0) is 6.42 Å². The molecule has 2 heterocycles. The smallest absolute Gasteiger partial charge is 0.0427 e. The number of rotatable bonds is 2. The molecule has 2 heteroatoms. The molecule has 1 N–H and O–H groups in total. The van der Waals surface area contributed by atoms with Crippen LogP contribution in [0, 0.1) is 0 Å². The van der Waals surface area contributed by atoms with Crippen molar-refractivity contribution in [2.45, 2.75) is 25.8 Å². The first-order chi connectivity index (χ1) is 5.40. The molecular weight excluding hydrogens is 154 g/mol. The molecule has 1 aromatic heterocycles. The number of hydrogen-bond acceptors (Lipinski definition) is 2. The Hall–Kier alpha value is -0.340. The van der Waals surface area contributed by atoms with Gasteiger partial charge in [-0.3, -0.25) is 0 Å². The Morgan fingerprint density at radius 2 is 2.45 bits per heavy atom. The van der Waals surface area contributed by atoms with Gasteiger partial charge in [0.05, 0.1) is 0 Å². The molecule has 1 aromatic rings. The van der Waals surface area contributed by atoms with Crippen LogP contribution in [0.25, 0.3) is 0 Å². The topological polar surface area (TPSA) is 12.0 Å². The maximum absolute atomic E-state index is 3.41. The fraction of sp³-hybridized carbons (Fsp3) is 0.556. The summed E-state index contributed by atoms with van der Waals surface area (Å²) in [6.45, 7) is 3.41. The van der Waals surface area contributed by atoms with Gasteiger partial charge in [-0.25, -0.2) is 0 Å². The normalized spacial score (nSPS) is 23.2. The molecule has 0 aliphatic carbocycles. The van der Waals surface area contributed by atoms with E-state index in [-0.39, 0.29) is 0 Å². The van der Waals surface area contributed by atoms with Crippen LogP contribution in [-0.4, -0.2) is 6.54 Å². The molecule has 1 atom stereocenters. The molecule has 0 unspecified atom stereocenters. The highest BCUT2D eigenvalue weighted by atomic mass is 32.1. The molecule has 2 rings (SSSR count). The minimum Gasteiger partial charge on any atom is -0.309 e. The Balaban J connectivity index is 2.11. The Morgan fingerprint density at radius 3 is 2.91 bits per heavy atom. The summed E-state index contributed by atoms with van der Waals surface area (Å²) >= 11 is 1.95. The summed E-state index contributed by atoms with van der Waals surface area (Å²) in [5.74, 6) is 0. The summed E-state index contributed by atoms with van der Waals surface area (Å²) in [5.41, 5.74) is 0. The van der Waals surface area contributed by atoms with Gasteiger partial charge < -0.3 is 5.32 Å². The summed E-state index contributed by atoms with van der Waals surface area (Å²) in [4.78, 5) is 3.03. The van der Waals surface area contributed by atoms with Crippen molar-refractivity contribution in [2.75, 3.05) is 6.54 Å². The number of hydrogen-bond donors (Lipinski definition) is 1. The van der Waals surface area contributed by atoms with E-state index in [0.29, 0.717) is 6.04 Å². The first-order valence-electron chi connectivity index (χ1n) is 4.22. The Kier molecular flexibility index (Phi) is 1.96. The highest BCUT2D eigenvalue weighted by Gasteiger charge is 2.19. The lowest BCUT2D eigenvalue weighted by atomic mass is 10.1. The number of nitrogens with one attached hydrogen (secondary N) is 1. The highest BCUT2D eigenvalue weighted by Crippen LogP contribution is 2.29. The van der Waals surface area contributed by atoms with E-state index in [1.807, 2.05) is 11.3 Å². The summed E-state index contributed by atoms with van der Waals surface area (Å²) in [5, 5.41) is 3.41. The fourth-order valence-corrected chi connectivity index (χ4v) is 2.37. The molecule has 0 radical (unpaired) electrons. The van der Waals surface area contributed by atoms with Crippen LogP contribution in [0.2, 0.25) is 0 Å². The molecule has 11 heavy (non-hydrogen) atoms. The van der Waals surface area contributed by atoms with E-state index in [1.54, 1.807) is 0 Å². The van der Waals surface area contributed by atoms with Gasteiger partial charge in [0.15, 0.2) is 0 Å². The van der Waals surface area contributed by atoms with E-state index in [0.717, 1.165) is 0 Å². The Morgan fingerprint density at radius 1 is 1.64 bits per heavy atom. The van der Waals surface area contributed by atoms with Gasteiger partial charge in [0.25, 0.3) is 0 Å². The SMILES string of the molecule is CCc1ccc([C@H]2CCN2)s1. The predicted octanol–water partition coefficient (Wildman–Crippen LogP) is 2.34. The number of aryl methyl sites for hydroxylation is 1. The minimum atomic E-state index is 0.681. The molecule has 1 fully saturated rings. The third kappa shape index (κ3) is 1.33. The van der Waals surface area contributed by atoms with Crippen molar-refractivity contribution in [3.63, 3.8) is 0 Å². The monoisotopic (exact) mass is 167 g/mol. The van der Waals surface area contributed by atoms with Crippen LogP contribution in [0.5, 0.6) is 0 Å². The van der Waals surface area contributed by atoms with Gasteiger partial charge in [-0.2, -0.15) is 0 Å². The van der Waals surface area contributed by atoms with Crippen molar-refractivity contribution in [2.24, 2.45) is 0 Å². The van der Waals surface area contributed by atoms with Gasteiger partial charge in [0, 0.05) is 15.8 Å². The highest BCUT2D eigenvalue weighted by molar-refractivity contribution is 7.12. The second-order valence-corrected chi connectivity index (χ2v) is 4.15. The molecule has 60 valence electrons. The van der Waals surface area contributed by atoms with E-state index in [1.165, 1.54) is 29.1 Å². The van der Waals surface area contributed by atoms with Crippen LogP contribution >= 0.6 is 11.3 Å². The zero-order chi connectivity index (χ0) is 7.68. The zero-order valence-corrected chi connectivity index (χ0v) is 7.58. The average Bonchev–Trinajstić information content (AvgIpc) is 2.32. The van der Waals surface area contributed by atoms with Crippen molar-refractivity contribution in [3.8, 4) is 0 Å². The minimum absolute atomic E-state index is 0.681. The molecule has 1 aliphatic heterocycles. The van der Waals surface area contributed by atoms with E-state index >= 15 is 0 Å². The van der Waals surface area contributed by atoms with Crippen molar-refractivity contribution in [3.05, 3.63) is 21.9 Å². The van der Waals surface area contributed by atoms with Crippen LogP contribution in [0.4, 0.5) is 0 Å². The predicted molar refractivity (Wildman–Crippen MR) is 49.1 cm³/mol. The van der Waals surface area contributed by atoms with Gasteiger partial charge in [0.2, 0.25) is 0 Å². The van der Waals surface area contributed by atoms with Gasteiger partial charge in [-0.1, -0.05) is 6.92 Å². The second kappa shape index (κ2) is 2.95. The van der Waals surface area contributed by atoms with Crippen molar-refractivity contribution < 1.29 is 0 Å². The quantitative estimate of drug-likeness (QED) is 0.713. The summed E-state index contributed by atoms with van der Waals surface area (Å²) in [7, 11) is 0. The lowest BCUT2D eigenvalue weighted by Gasteiger charge is -2.26. The Labute approximate surface area is 71.4 Å². The van der Waals surface area contributed by atoms with E-state index < -0.39 is 0 Å². The van der Waals surface area contributed by atoms with Crippen molar-refractivity contribution in [1.82, 2.24) is 5.32 Å². The van der Waals surface area contributed by atoms with Gasteiger partial charge in [0.1, 0.15) is 0 Å². The molecule has 1 aliphatic rings. The largest absolute Gasteiger partial charge is 0.309 e. The van der Waals surface area contributed by atoms with Crippen molar-refractivity contribution in [1.29, 1.82) is 0 Å². The molecule has 0 amide bonds. The Bertz CT molecular complexity index is 237. The van der Waals surface area contributed by atoms with E-state index in [9.17, 15) is 0 Å². The van der Waals surface area contributed by atoms with Crippen LogP contribution in [0.1, 0.15) is 29.1 Å². The molecule has 0 aromatic carbocycles.